The van der Waals surface area contributed by atoms with E-state index in [-0.39, 0.29) is 6.04 Å². The van der Waals surface area contributed by atoms with E-state index < -0.39 is 0 Å². The average molecular weight is 244 g/mol. The fraction of sp³-hybridized carbons (Fsp3) is 0.923. The molecule has 0 heterocycles. The fourth-order valence-electron chi connectivity index (χ4n) is 2.31. The van der Waals surface area contributed by atoms with Crippen molar-refractivity contribution in [3.63, 3.8) is 0 Å². The smallest absolute Gasteiger partial charge is 0.0902 e. The van der Waals surface area contributed by atoms with Crippen LogP contribution in [-0.4, -0.2) is 28.5 Å². The summed E-state index contributed by atoms with van der Waals surface area (Å²) >= 11 is 5.20. The summed E-state index contributed by atoms with van der Waals surface area (Å²) in [6.07, 6.45) is 3.35. The number of hydrogen-bond donors (Lipinski definition) is 1. The van der Waals surface area contributed by atoms with Crippen molar-refractivity contribution in [2.24, 2.45) is 11.7 Å². The largest absolute Gasteiger partial charge is 0.392 e. The first-order valence-corrected chi connectivity index (χ1v) is 6.93. The molecule has 2 nitrogen and oxygen atoms in total. The van der Waals surface area contributed by atoms with E-state index in [2.05, 4.69) is 39.5 Å². The molecule has 0 aromatic rings. The standard InChI is InChI=1S/C13H28N2S/c1-6-11(7-2)15(9-10(4)5)12(8-3)13(14)16/h10-12H,6-9H2,1-5H3,(H2,14,16). The summed E-state index contributed by atoms with van der Waals surface area (Å²) in [6.45, 7) is 12.2. The van der Waals surface area contributed by atoms with Crippen molar-refractivity contribution in [2.45, 2.75) is 66.0 Å². The van der Waals surface area contributed by atoms with E-state index in [1.54, 1.807) is 0 Å². The molecule has 0 fully saturated rings. The van der Waals surface area contributed by atoms with Gasteiger partial charge in [-0.15, -0.1) is 0 Å². The van der Waals surface area contributed by atoms with Crippen LogP contribution in [0.2, 0.25) is 0 Å². The lowest BCUT2D eigenvalue weighted by molar-refractivity contribution is 0.139. The van der Waals surface area contributed by atoms with Crippen LogP contribution >= 0.6 is 12.2 Å². The molecule has 0 saturated heterocycles. The number of nitrogens with zero attached hydrogens (tertiary/aromatic N) is 1. The Kier molecular flexibility index (Phi) is 7.94. The monoisotopic (exact) mass is 244 g/mol. The zero-order valence-corrected chi connectivity index (χ0v) is 12.3. The molecular formula is C13H28N2S. The molecule has 1 unspecified atom stereocenters. The SMILES string of the molecule is CCC(CC)N(CC(C)C)C(CC)C(N)=S. The molecule has 0 aliphatic rings. The normalized spacial score (nSPS) is 13.8. The highest BCUT2D eigenvalue weighted by molar-refractivity contribution is 7.80. The Morgan fingerprint density at radius 2 is 1.62 bits per heavy atom. The average Bonchev–Trinajstić information content (AvgIpc) is 2.18. The molecule has 1 atom stereocenters. The highest BCUT2D eigenvalue weighted by Gasteiger charge is 2.25. The molecule has 96 valence electrons. The minimum absolute atomic E-state index is 0.266. The summed E-state index contributed by atoms with van der Waals surface area (Å²) in [7, 11) is 0. The van der Waals surface area contributed by atoms with E-state index in [4.69, 9.17) is 18.0 Å². The minimum atomic E-state index is 0.266. The maximum Gasteiger partial charge on any atom is 0.0902 e. The highest BCUT2D eigenvalue weighted by Crippen LogP contribution is 2.17. The number of hydrogen-bond acceptors (Lipinski definition) is 2. The Hall–Kier alpha value is -0.150. The topological polar surface area (TPSA) is 29.3 Å². The number of nitrogens with two attached hydrogens (primary N) is 1. The first-order valence-electron chi connectivity index (χ1n) is 6.52. The van der Waals surface area contributed by atoms with Crippen LogP contribution < -0.4 is 5.73 Å². The van der Waals surface area contributed by atoms with Crippen LogP contribution in [0.5, 0.6) is 0 Å². The van der Waals surface area contributed by atoms with Gasteiger partial charge in [-0.25, -0.2) is 0 Å². The van der Waals surface area contributed by atoms with E-state index in [0.717, 1.165) is 13.0 Å². The maximum absolute atomic E-state index is 5.86. The van der Waals surface area contributed by atoms with Gasteiger partial charge >= 0.3 is 0 Å². The second kappa shape index (κ2) is 8.02. The molecule has 0 spiro atoms. The zero-order chi connectivity index (χ0) is 12.7. The molecule has 0 amide bonds. The fourth-order valence-corrected chi connectivity index (χ4v) is 2.61. The van der Waals surface area contributed by atoms with Gasteiger partial charge in [-0.3, -0.25) is 4.90 Å². The van der Waals surface area contributed by atoms with E-state index in [9.17, 15) is 0 Å². The lowest BCUT2D eigenvalue weighted by Crippen LogP contribution is -2.50. The van der Waals surface area contributed by atoms with Gasteiger partial charge in [0.15, 0.2) is 0 Å². The minimum Gasteiger partial charge on any atom is -0.392 e. The van der Waals surface area contributed by atoms with Crippen molar-refractivity contribution in [3.8, 4) is 0 Å². The second-order valence-corrected chi connectivity index (χ2v) is 5.36. The zero-order valence-electron chi connectivity index (χ0n) is 11.5. The summed E-state index contributed by atoms with van der Waals surface area (Å²) in [4.78, 5) is 3.16. The Balaban J connectivity index is 4.80. The molecule has 0 rings (SSSR count). The third kappa shape index (κ3) is 4.79. The summed E-state index contributed by atoms with van der Waals surface area (Å²) in [6, 6.07) is 0.871. The quantitative estimate of drug-likeness (QED) is 0.665. The van der Waals surface area contributed by atoms with Gasteiger partial charge < -0.3 is 5.73 Å². The summed E-state index contributed by atoms with van der Waals surface area (Å²) in [5.74, 6) is 0.656. The predicted molar refractivity (Wildman–Crippen MR) is 76.8 cm³/mol. The highest BCUT2D eigenvalue weighted by atomic mass is 32.1. The van der Waals surface area contributed by atoms with Gasteiger partial charge in [-0.05, 0) is 25.2 Å². The van der Waals surface area contributed by atoms with E-state index >= 15 is 0 Å². The van der Waals surface area contributed by atoms with Crippen LogP contribution in [0.3, 0.4) is 0 Å². The van der Waals surface area contributed by atoms with Crippen molar-refractivity contribution in [2.75, 3.05) is 6.54 Å². The van der Waals surface area contributed by atoms with Gasteiger partial charge in [-0.1, -0.05) is 46.8 Å². The molecule has 2 N–H and O–H groups in total. The summed E-state index contributed by atoms with van der Waals surface area (Å²) < 4.78 is 0. The molecule has 0 saturated carbocycles. The van der Waals surface area contributed by atoms with Crippen LogP contribution in [0.15, 0.2) is 0 Å². The van der Waals surface area contributed by atoms with Gasteiger partial charge in [0.2, 0.25) is 0 Å². The molecule has 16 heavy (non-hydrogen) atoms. The van der Waals surface area contributed by atoms with Crippen molar-refractivity contribution < 1.29 is 0 Å². The van der Waals surface area contributed by atoms with E-state index in [1.807, 2.05) is 0 Å². The summed E-state index contributed by atoms with van der Waals surface area (Å²) in [5, 5.41) is 0. The third-order valence-corrected chi connectivity index (χ3v) is 3.38. The van der Waals surface area contributed by atoms with Crippen molar-refractivity contribution in [3.05, 3.63) is 0 Å². The first-order chi connectivity index (χ1) is 7.47. The second-order valence-electron chi connectivity index (χ2n) is 4.89. The van der Waals surface area contributed by atoms with E-state index in [1.165, 1.54) is 12.8 Å². The Bertz CT molecular complexity index is 200. The maximum atomic E-state index is 5.86. The Morgan fingerprint density at radius 3 is 1.88 bits per heavy atom. The summed E-state index contributed by atoms with van der Waals surface area (Å²) in [5.41, 5.74) is 5.86. The van der Waals surface area contributed by atoms with Crippen molar-refractivity contribution in [1.29, 1.82) is 0 Å². The molecular weight excluding hydrogens is 216 g/mol. The number of thiocarbonyl (C=S) groups is 1. The van der Waals surface area contributed by atoms with Crippen LogP contribution in [0.4, 0.5) is 0 Å². The lowest BCUT2D eigenvalue weighted by atomic mass is 10.0. The van der Waals surface area contributed by atoms with Gasteiger partial charge in [0.05, 0.1) is 11.0 Å². The first kappa shape index (κ1) is 15.9. The van der Waals surface area contributed by atoms with Crippen molar-refractivity contribution in [1.82, 2.24) is 4.90 Å². The van der Waals surface area contributed by atoms with Gasteiger partial charge in [0, 0.05) is 12.6 Å². The molecule has 3 heteroatoms. The molecule has 0 aromatic carbocycles. The molecule has 0 aromatic heterocycles. The number of rotatable bonds is 8. The molecule has 0 aliphatic heterocycles. The lowest BCUT2D eigenvalue weighted by Gasteiger charge is -2.37. The van der Waals surface area contributed by atoms with Crippen LogP contribution in [0, 0.1) is 5.92 Å². The Morgan fingerprint density at radius 1 is 1.12 bits per heavy atom. The van der Waals surface area contributed by atoms with Crippen LogP contribution in [0.1, 0.15) is 53.9 Å². The van der Waals surface area contributed by atoms with Gasteiger partial charge in [0.1, 0.15) is 0 Å². The van der Waals surface area contributed by atoms with Crippen LogP contribution in [-0.2, 0) is 0 Å². The molecule has 0 radical (unpaired) electrons. The van der Waals surface area contributed by atoms with Crippen LogP contribution in [0.25, 0.3) is 0 Å². The third-order valence-electron chi connectivity index (χ3n) is 3.10. The molecule has 0 bridgehead atoms. The van der Waals surface area contributed by atoms with Crippen molar-refractivity contribution >= 4 is 17.2 Å². The molecule has 0 aliphatic carbocycles. The Labute approximate surface area is 107 Å². The van der Waals surface area contributed by atoms with Gasteiger partial charge in [-0.2, -0.15) is 0 Å². The predicted octanol–water partition coefficient (Wildman–Crippen LogP) is 3.20. The van der Waals surface area contributed by atoms with E-state index in [0.29, 0.717) is 16.9 Å². The van der Waals surface area contributed by atoms with Gasteiger partial charge in [0.25, 0.3) is 0 Å².